The van der Waals surface area contributed by atoms with Gasteiger partial charge >= 0.3 is 0 Å². The molecule has 6 nitrogen and oxygen atoms in total. The molecule has 426 valence electrons. The van der Waals surface area contributed by atoms with Crippen LogP contribution in [0, 0.1) is 13.8 Å². The Morgan fingerprint density at radius 2 is 0.567 bits per heavy atom. The van der Waals surface area contributed by atoms with E-state index in [2.05, 4.69) is 318 Å². The lowest BCUT2D eigenvalue weighted by atomic mass is 9.62. The van der Waals surface area contributed by atoms with Crippen LogP contribution in [0.2, 0.25) is 0 Å². The van der Waals surface area contributed by atoms with Crippen molar-refractivity contribution in [2.45, 2.75) is 24.7 Å². The topological polar surface area (TPSA) is 50.5 Å². The van der Waals surface area contributed by atoms with Gasteiger partial charge in [0.05, 0.1) is 44.3 Å². The van der Waals surface area contributed by atoms with E-state index in [0.29, 0.717) is 21.5 Å². The zero-order valence-corrected chi connectivity index (χ0v) is 49.6. The van der Waals surface area contributed by atoms with Crippen LogP contribution in [0.25, 0.3) is 55.0 Å². The Bertz CT molecular complexity index is 5080. The highest BCUT2D eigenvalue weighted by atomic mass is 16.1. The lowest BCUT2D eigenvalue weighted by Crippen LogP contribution is -2.37. The molecule has 0 saturated carbocycles. The Morgan fingerprint density at radius 1 is 0.267 bits per heavy atom. The summed E-state index contributed by atoms with van der Waals surface area (Å²) in [6, 6.07) is 112. The molecule has 0 saturated heterocycles. The molecule has 0 N–H and O–H groups in total. The number of aryl methyl sites for hydroxylation is 2. The molecule has 13 aromatic carbocycles. The van der Waals surface area contributed by atoms with Gasteiger partial charge in [-0.05, 0) is 167 Å². The molecule has 0 spiro atoms. The molecule has 0 aliphatic carbocycles. The Kier molecular flexibility index (Phi) is 12.0. The van der Waals surface area contributed by atoms with Crippen LogP contribution in [0.4, 0.5) is 34.1 Å². The van der Waals surface area contributed by atoms with E-state index >= 15 is 9.59 Å². The van der Waals surface area contributed by atoms with Gasteiger partial charge in [-0.1, -0.05) is 218 Å². The highest BCUT2D eigenvalue weighted by Crippen LogP contribution is 2.57. The van der Waals surface area contributed by atoms with Gasteiger partial charge < -0.3 is 18.9 Å². The molecule has 0 bridgehead atoms. The summed E-state index contributed by atoms with van der Waals surface area (Å²) >= 11 is 0. The smallest absolute Gasteiger partial charge is 0.197 e. The van der Waals surface area contributed by atoms with Crippen LogP contribution in [0.5, 0.6) is 0 Å². The van der Waals surface area contributed by atoms with Gasteiger partial charge in [0.2, 0.25) is 0 Å². The second-order valence-electron chi connectivity index (χ2n) is 23.9. The molecule has 2 aromatic heterocycles. The summed E-state index contributed by atoms with van der Waals surface area (Å²) in [6.45, 7) is 4.38. The molecule has 0 fully saturated rings. The number of hydrogen-bond donors (Lipinski definition) is 0. The van der Waals surface area contributed by atoms with Crippen LogP contribution in [0.1, 0.15) is 55.6 Å². The number of hydrogen-bond acceptors (Lipinski definition) is 4. The van der Waals surface area contributed by atoms with Crippen molar-refractivity contribution >= 4 is 77.7 Å². The average molecular weight is 1160 g/mol. The number of pyridine rings is 2. The Morgan fingerprint density at radius 3 is 0.933 bits per heavy atom. The number of anilines is 6. The predicted molar refractivity (Wildman–Crippen MR) is 370 cm³/mol. The highest BCUT2D eigenvalue weighted by molar-refractivity contribution is 6.09. The van der Waals surface area contributed by atoms with Crippen LogP contribution in [-0.4, -0.2) is 9.13 Å². The lowest BCUT2D eigenvalue weighted by Gasteiger charge is -2.44. The zero-order chi connectivity index (χ0) is 60.2. The van der Waals surface area contributed by atoms with E-state index in [-0.39, 0.29) is 10.9 Å². The maximum absolute atomic E-state index is 16.1. The number of rotatable bonds is 10. The Balaban J connectivity index is 0.979. The van der Waals surface area contributed by atoms with Gasteiger partial charge in [-0.3, -0.25) is 9.59 Å². The minimum absolute atomic E-state index is 0.126. The summed E-state index contributed by atoms with van der Waals surface area (Å²) in [7, 11) is 0. The maximum Gasteiger partial charge on any atom is 0.197 e. The van der Waals surface area contributed by atoms with Crippen LogP contribution in [0.15, 0.2) is 325 Å². The molecule has 2 aliphatic heterocycles. The summed E-state index contributed by atoms with van der Waals surface area (Å²) in [5.41, 5.74) is 19.6. The third kappa shape index (κ3) is 7.52. The third-order valence-electron chi connectivity index (χ3n) is 19.2. The predicted octanol–water partition coefficient (Wildman–Crippen LogP) is 19.5. The first-order chi connectivity index (χ1) is 44.3. The van der Waals surface area contributed by atoms with Crippen molar-refractivity contribution in [3.8, 4) is 11.4 Å². The zero-order valence-electron chi connectivity index (χ0n) is 49.6. The normalized spacial score (nSPS) is 15.4. The number of aromatic nitrogens is 2. The quantitative estimate of drug-likeness (QED) is 0.128. The van der Waals surface area contributed by atoms with Crippen molar-refractivity contribution in [1.82, 2.24) is 9.13 Å². The summed E-state index contributed by atoms with van der Waals surface area (Å²) in [5.74, 6) is 0. The van der Waals surface area contributed by atoms with E-state index in [1.54, 1.807) is 0 Å². The number of para-hydroxylation sites is 8. The van der Waals surface area contributed by atoms with Gasteiger partial charge in [0.25, 0.3) is 0 Å². The fourth-order valence-corrected chi connectivity index (χ4v) is 15.6. The van der Waals surface area contributed by atoms with E-state index in [1.165, 1.54) is 0 Å². The molecular weight excluding hydrogens is 1100 g/mol. The average Bonchev–Trinajstić information content (AvgIpc) is 0.682. The van der Waals surface area contributed by atoms with Gasteiger partial charge in [0.15, 0.2) is 10.9 Å². The standard InChI is InChI=1S/C84H58N4O2/c1-55-27-21-47-71-77(55)87-75-54-76-70(53-69(75)81(89)67-45-25-49-73(79(67)87)83(71,57-29-9-3-10-30-57)59-33-23-43-65(51-59)85(61-35-13-5-14-36-61)62-37-15-6-16-38-62)82(90)68-46-26-50-74-80(68)88(76)78-56(2)28-22-48-72(78)84(74,58-31-11-4-12-32-58)60-34-24-44-66(52-60)86(63-39-17-7-18-40-63)64-41-19-8-20-42-64/h3-54H,1-2H3. The van der Waals surface area contributed by atoms with Crippen molar-refractivity contribution in [1.29, 1.82) is 0 Å². The summed E-state index contributed by atoms with van der Waals surface area (Å²) < 4.78 is 4.72. The van der Waals surface area contributed by atoms with Crippen molar-refractivity contribution in [2.75, 3.05) is 9.80 Å². The monoisotopic (exact) mass is 1150 g/mol. The molecule has 2 atom stereocenters. The summed E-state index contributed by atoms with van der Waals surface area (Å²) in [5, 5.41) is 2.13. The molecular formula is C84H58N4O2. The minimum atomic E-state index is -0.921. The van der Waals surface area contributed by atoms with Crippen molar-refractivity contribution in [3.05, 3.63) is 392 Å². The van der Waals surface area contributed by atoms with Crippen LogP contribution < -0.4 is 20.7 Å². The van der Waals surface area contributed by atoms with Gasteiger partial charge in [-0.15, -0.1) is 0 Å². The first-order valence-electron chi connectivity index (χ1n) is 30.8. The first kappa shape index (κ1) is 52.7. The van der Waals surface area contributed by atoms with E-state index in [0.717, 1.165) is 123 Å². The Labute approximate surface area is 521 Å². The highest BCUT2D eigenvalue weighted by Gasteiger charge is 2.48. The van der Waals surface area contributed by atoms with E-state index in [1.807, 2.05) is 30.3 Å². The van der Waals surface area contributed by atoms with Crippen LogP contribution >= 0.6 is 0 Å². The van der Waals surface area contributed by atoms with Gasteiger partial charge in [-0.2, -0.15) is 0 Å². The molecule has 4 heterocycles. The van der Waals surface area contributed by atoms with Gasteiger partial charge in [0.1, 0.15) is 0 Å². The largest absolute Gasteiger partial charge is 0.310 e. The second-order valence-corrected chi connectivity index (χ2v) is 23.9. The van der Waals surface area contributed by atoms with Crippen LogP contribution in [-0.2, 0) is 10.8 Å². The maximum atomic E-state index is 16.1. The molecule has 17 rings (SSSR count). The molecule has 6 heteroatoms. The van der Waals surface area contributed by atoms with Gasteiger partial charge in [-0.25, -0.2) is 0 Å². The summed E-state index contributed by atoms with van der Waals surface area (Å²) in [6.07, 6.45) is 0. The molecule has 2 aliphatic rings. The summed E-state index contributed by atoms with van der Waals surface area (Å²) in [4.78, 5) is 36.8. The lowest BCUT2D eigenvalue weighted by molar-refractivity contribution is 0.723. The fourth-order valence-electron chi connectivity index (χ4n) is 15.6. The van der Waals surface area contributed by atoms with Crippen molar-refractivity contribution < 1.29 is 0 Å². The van der Waals surface area contributed by atoms with Crippen molar-refractivity contribution in [3.63, 3.8) is 0 Å². The number of fused-ring (bicyclic) bond motifs is 8. The molecule has 0 amide bonds. The third-order valence-corrected chi connectivity index (χ3v) is 19.2. The van der Waals surface area contributed by atoms with Crippen molar-refractivity contribution in [2.24, 2.45) is 0 Å². The second kappa shape index (κ2) is 20.5. The minimum Gasteiger partial charge on any atom is -0.310 e. The van der Waals surface area contributed by atoms with E-state index in [4.69, 9.17) is 0 Å². The molecule has 0 radical (unpaired) electrons. The Hall–Kier alpha value is -11.6. The molecule has 90 heavy (non-hydrogen) atoms. The fraction of sp³-hybridized carbons (Fsp3) is 0.0476. The van der Waals surface area contributed by atoms with Crippen LogP contribution in [0.3, 0.4) is 0 Å². The number of nitrogens with zero attached hydrogens (tertiary/aromatic N) is 4. The molecule has 2 unspecified atom stereocenters. The first-order valence-corrected chi connectivity index (χ1v) is 30.8. The number of benzene rings is 13. The van der Waals surface area contributed by atoms with E-state index < -0.39 is 10.8 Å². The SMILES string of the molecule is Cc1cccc2c1-n1c3cc4c(cc3c(=O)c3cccc(c31)C2(c1ccccc1)c1cccc(N(c2ccccc2)c2ccccc2)c1)c(=O)c1cccc2c1n4-c1c(C)cccc1C2(c1ccccc1)c1cccc(N(c2ccccc2)c2ccccc2)c1. The molecule has 15 aromatic rings. The van der Waals surface area contributed by atoms with Gasteiger partial charge in [0, 0.05) is 55.7 Å². The van der Waals surface area contributed by atoms with E-state index in [9.17, 15) is 0 Å².